The Labute approximate surface area is 166 Å². The molecule has 1 saturated heterocycles. The molecule has 1 aliphatic rings. The van der Waals surface area contributed by atoms with Gasteiger partial charge in [0.15, 0.2) is 5.96 Å². The van der Waals surface area contributed by atoms with Crippen LogP contribution >= 0.6 is 0 Å². The van der Waals surface area contributed by atoms with Crippen LogP contribution in [0.25, 0.3) is 0 Å². The summed E-state index contributed by atoms with van der Waals surface area (Å²) in [5.74, 6) is 0.243. The first-order chi connectivity index (χ1) is 13.1. The highest BCUT2D eigenvalue weighted by atomic mass is 19.4. The number of aliphatic imine (C=N–C) groups is 1. The second-order valence-corrected chi connectivity index (χ2v) is 7.70. The molecule has 1 atom stereocenters. The van der Waals surface area contributed by atoms with Crippen molar-refractivity contribution in [1.82, 2.24) is 20.4 Å². The summed E-state index contributed by atoms with van der Waals surface area (Å²) < 4.78 is 37.3. The van der Waals surface area contributed by atoms with Crippen molar-refractivity contribution >= 4 is 11.9 Å². The Balaban J connectivity index is 2.65. The molecular weight excluding hydrogens is 371 g/mol. The quantitative estimate of drug-likeness (QED) is 0.479. The fourth-order valence-corrected chi connectivity index (χ4v) is 3.38. The molecule has 164 valence electrons. The van der Waals surface area contributed by atoms with Gasteiger partial charge in [0.2, 0.25) is 5.91 Å². The molecule has 1 rings (SSSR count). The number of carbonyl (C=O) groups excluding carboxylic acids is 1. The van der Waals surface area contributed by atoms with Crippen LogP contribution in [0.15, 0.2) is 4.99 Å². The number of guanidine groups is 1. The maximum absolute atomic E-state index is 12.4. The monoisotopic (exact) mass is 407 g/mol. The van der Waals surface area contributed by atoms with Crippen molar-refractivity contribution in [2.45, 2.75) is 58.7 Å². The van der Waals surface area contributed by atoms with Gasteiger partial charge in [-0.05, 0) is 38.8 Å². The van der Waals surface area contributed by atoms with E-state index in [9.17, 15) is 18.0 Å². The van der Waals surface area contributed by atoms with E-state index in [2.05, 4.69) is 34.4 Å². The minimum atomic E-state index is -4.41. The molecule has 0 spiro atoms. The maximum Gasteiger partial charge on any atom is 0.406 e. The van der Waals surface area contributed by atoms with Crippen LogP contribution in [0.2, 0.25) is 0 Å². The Morgan fingerprint density at radius 1 is 1.14 bits per heavy atom. The molecule has 0 saturated carbocycles. The van der Waals surface area contributed by atoms with Crippen molar-refractivity contribution in [1.29, 1.82) is 0 Å². The van der Waals surface area contributed by atoms with E-state index in [1.54, 1.807) is 0 Å². The first-order valence-corrected chi connectivity index (χ1v) is 10.2. The Kier molecular flexibility index (Phi) is 10.6. The molecule has 0 aromatic heterocycles. The number of nitrogens with zero attached hydrogens (tertiary/aromatic N) is 3. The van der Waals surface area contributed by atoms with Crippen molar-refractivity contribution < 1.29 is 18.0 Å². The summed E-state index contributed by atoms with van der Waals surface area (Å²) in [6.45, 7) is 8.15. The predicted molar refractivity (Wildman–Crippen MR) is 106 cm³/mol. The van der Waals surface area contributed by atoms with Crippen LogP contribution in [0.3, 0.4) is 0 Å². The molecule has 1 amide bonds. The molecule has 1 fully saturated rings. The van der Waals surface area contributed by atoms with E-state index in [1.165, 1.54) is 25.7 Å². The standard InChI is InChI=1S/C19H36F3N5O/c1-5-23-18(25-13-17(28)26(4)14-19(20,21)22)24-12-16(15(2)3)27-10-8-6-7-9-11-27/h15-16H,5-14H2,1-4H3,(H2,23,24,25). The van der Waals surface area contributed by atoms with Gasteiger partial charge >= 0.3 is 6.18 Å². The lowest BCUT2D eigenvalue weighted by Crippen LogP contribution is -2.50. The van der Waals surface area contributed by atoms with Gasteiger partial charge in [-0.1, -0.05) is 26.7 Å². The molecule has 2 N–H and O–H groups in total. The second kappa shape index (κ2) is 12.1. The Morgan fingerprint density at radius 2 is 1.75 bits per heavy atom. The zero-order chi connectivity index (χ0) is 21.2. The van der Waals surface area contributed by atoms with E-state index in [0.29, 0.717) is 35.9 Å². The van der Waals surface area contributed by atoms with E-state index >= 15 is 0 Å². The van der Waals surface area contributed by atoms with Gasteiger partial charge in [-0.25, -0.2) is 4.99 Å². The molecule has 0 aromatic carbocycles. The van der Waals surface area contributed by atoms with Crippen molar-refractivity contribution in [2.24, 2.45) is 10.9 Å². The normalized spacial score (nSPS) is 17.9. The number of alkyl halides is 3. The third-order valence-corrected chi connectivity index (χ3v) is 4.92. The molecule has 1 aliphatic heterocycles. The fraction of sp³-hybridized carbons (Fsp3) is 0.895. The zero-order valence-electron chi connectivity index (χ0n) is 17.6. The average molecular weight is 408 g/mol. The minimum Gasteiger partial charge on any atom is -0.357 e. The number of hydrogen-bond donors (Lipinski definition) is 2. The summed E-state index contributed by atoms with van der Waals surface area (Å²) >= 11 is 0. The smallest absolute Gasteiger partial charge is 0.357 e. The van der Waals surface area contributed by atoms with E-state index < -0.39 is 18.6 Å². The van der Waals surface area contributed by atoms with Crippen LogP contribution in [0.4, 0.5) is 13.2 Å². The van der Waals surface area contributed by atoms with Crippen molar-refractivity contribution in [3.63, 3.8) is 0 Å². The molecule has 6 nitrogen and oxygen atoms in total. The van der Waals surface area contributed by atoms with Crippen LogP contribution in [0.5, 0.6) is 0 Å². The van der Waals surface area contributed by atoms with Crippen LogP contribution in [-0.4, -0.2) is 80.2 Å². The molecule has 1 heterocycles. The zero-order valence-corrected chi connectivity index (χ0v) is 17.6. The Morgan fingerprint density at radius 3 is 2.25 bits per heavy atom. The third-order valence-electron chi connectivity index (χ3n) is 4.92. The summed E-state index contributed by atoms with van der Waals surface area (Å²) in [7, 11) is 1.14. The number of hydrogen-bond acceptors (Lipinski definition) is 3. The molecule has 28 heavy (non-hydrogen) atoms. The van der Waals surface area contributed by atoms with E-state index in [-0.39, 0.29) is 6.54 Å². The first kappa shape index (κ1) is 24.5. The van der Waals surface area contributed by atoms with Gasteiger partial charge in [0.05, 0.1) is 0 Å². The molecule has 0 aromatic rings. The largest absolute Gasteiger partial charge is 0.406 e. The van der Waals surface area contributed by atoms with Gasteiger partial charge in [0.1, 0.15) is 13.1 Å². The van der Waals surface area contributed by atoms with Crippen molar-refractivity contribution in [3.05, 3.63) is 0 Å². The molecule has 0 bridgehead atoms. The molecular formula is C19H36F3N5O. The molecule has 0 radical (unpaired) electrons. The van der Waals surface area contributed by atoms with Crippen molar-refractivity contribution in [2.75, 3.05) is 46.3 Å². The first-order valence-electron chi connectivity index (χ1n) is 10.2. The summed E-state index contributed by atoms with van der Waals surface area (Å²) in [6, 6.07) is 0.338. The summed E-state index contributed by atoms with van der Waals surface area (Å²) in [6.07, 6.45) is 0.544. The maximum atomic E-state index is 12.4. The summed E-state index contributed by atoms with van der Waals surface area (Å²) in [5, 5.41) is 6.33. The summed E-state index contributed by atoms with van der Waals surface area (Å²) in [4.78, 5) is 19.3. The molecule has 0 aliphatic carbocycles. The SMILES string of the molecule is CCNC(=NCC(=O)N(C)CC(F)(F)F)NCC(C(C)C)N1CCCCCC1. The van der Waals surface area contributed by atoms with Gasteiger partial charge in [-0.15, -0.1) is 0 Å². The number of nitrogens with one attached hydrogen (secondary N) is 2. The van der Waals surface area contributed by atoms with E-state index in [0.717, 1.165) is 20.1 Å². The van der Waals surface area contributed by atoms with Gasteiger partial charge in [0, 0.05) is 26.2 Å². The number of likely N-dealkylation sites (tertiary alicyclic amines) is 1. The van der Waals surface area contributed by atoms with Gasteiger partial charge in [0.25, 0.3) is 0 Å². The van der Waals surface area contributed by atoms with E-state index in [1.807, 2.05) is 6.92 Å². The Bertz CT molecular complexity index is 488. The van der Waals surface area contributed by atoms with Crippen LogP contribution in [0.1, 0.15) is 46.5 Å². The summed E-state index contributed by atoms with van der Waals surface area (Å²) in [5.41, 5.74) is 0. The van der Waals surface area contributed by atoms with Crippen LogP contribution in [0, 0.1) is 5.92 Å². The van der Waals surface area contributed by atoms with Crippen molar-refractivity contribution in [3.8, 4) is 0 Å². The number of likely N-dealkylation sites (N-methyl/N-ethyl adjacent to an activating group) is 1. The van der Waals surface area contributed by atoms with Crippen LogP contribution in [-0.2, 0) is 4.79 Å². The molecule has 9 heteroatoms. The third kappa shape index (κ3) is 9.61. The Hall–Kier alpha value is -1.51. The molecule has 1 unspecified atom stereocenters. The number of carbonyl (C=O) groups is 1. The highest BCUT2D eigenvalue weighted by Crippen LogP contribution is 2.17. The second-order valence-electron chi connectivity index (χ2n) is 7.70. The highest BCUT2D eigenvalue weighted by molar-refractivity contribution is 5.84. The van der Waals surface area contributed by atoms with Gasteiger partial charge in [-0.2, -0.15) is 13.2 Å². The van der Waals surface area contributed by atoms with E-state index in [4.69, 9.17) is 0 Å². The number of amides is 1. The number of rotatable bonds is 8. The number of halogens is 3. The topological polar surface area (TPSA) is 60.0 Å². The van der Waals surface area contributed by atoms with Gasteiger partial charge < -0.3 is 15.5 Å². The predicted octanol–water partition coefficient (Wildman–Crippen LogP) is 2.46. The lowest BCUT2D eigenvalue weighted by molar-refractivity contribution is -0.157. The lowest BCUT2D eigenvalue weighted by atomic mass is 10.0. The fourth-order valence-electron chi connectivity index (χ4n) is 3.38. The average Bonchev–Trinajstić information content (AvgIpc) is 2.87. The van der Waals surface area contributed by atoms with Crippen LogP contribution < -0.4 is 10.6 Å². The van der Waals surface area contributed by atoms with Gasteiger partial charge in [-0.3, -0.25) is 9.69 Å². The highest BCUT2D eigenvalue weighted by Gasteiger charge is 2.31. The minimum absolute atomic E-state index is 0.321. The lowest BCUT2D eigenvalue weighted by Gasteiger charge is -2.34.